The third-order valence-electron chi connectivity index (χ3n) is 4.61. The van der Waals surface area contributed by atoms with E-state index in [9.17, 15) is 4.79 Å². The van der Waals surface area contributed by atoms with Crippen LogP contribution < -0.4 is 14.8 Å². The second-order valence-corrected chi connectivity index (χ2v) is 7.83. The van der Waals surface area contributed by atoms with Gasteiger partial charge in [-0.2, -0.15) is 0 Å². The van der Waals surface area contributed by atoms with Crippen LogP contribution in [0.4, 0.5) is 5.69 Å². The van der Waals surface area contributed by atoms with E-state index in [1.807, 2.05) is 18.2 Å². The zero-order chi connectivity index (χ0) is 21.7. The highest BCUT2D eigenvalue weighted by Crippen LogP contribution is 2.32. The Morgan fingerprint density at radius 1 is 0.900 bits per heavy atom. The number of methoxy groups -OCH3 is 2. The van der Waals surface area contributed by atoms with Crippen molar-refractivity contribution in [1.29, 1.82) is 0 Å². The Kier molecular flexibility index (Phi) is 7.48. The van der Waals surface area contributed by atoms with Crippen LogP contribution in [0.3, 0.4) is 0 Å². The molecule has 0 amide bonds. The van der Waals surface area contributed by atoms with Crippen molar-refractivity contribution in [1.82, 2.24) is 0 Å². The van der Waals surface area contributed by atoms with Gasteiger partial charge in [-0.05, 0) is 54.1 Å². The van der Waals surface area contributed by atoms with Gasteiger partial charge in [-0.1, -0.05) is 46.9 Å². The van der Waals surface area contributed by atoms with Crippen molar-refractivity contribution in [2.24, 2.45) is 0 Å². The molecule has 0 heterocycles. The Morgan fingerprint density at radius 3 is 2.33 bits per heavy atom. The highest BCUT2D eigenvalue weighted by Gasteiger charge is 2.20. The number of hydrogen-bond donors (Lipinski definition) is 1. The first kappa shape index (κ1) is 22.3. The van der Waals surface area contributed by atoms with Crippen LogP contribution in [-0.2, 0) is 0 Å². The first-order chi connectivity index (χ1) is 14.4. The van der Waals surface area contributed by atoms with Crippen molar-refractivity contribution < 1.29 is 14.3 Å². The van der Waals surface area contributed by atoms with Crippen molar-refractivity contribution >= 4 is 46.3 Å². The van der Waals surface area contributed by atoms with Gasteiger partial charge in [-0.3, -0.25) is 4.79 Å². The van der Waals surface area contributed by atoms with Crippen LogP contribution in [0, 0.1) is 0 Å². The number of carbonyl (C=O) groups is 1. The number of rotatable bonds is 8. The van der Waals surface area contributed by atoms with Crippen LogP contribution in [0.1, 0.15) is 28.4 Å². The first-order valence-corrected chi connectivity index (χ1v) is 10.3. The van der Waals surface area contributed by atoms with Crippen LogP contribution in [0.2, 0.25) is 15.1 Å². The van der Waals surface area contributed by atoms with E-state index >= 15 is 0 Å². The van der Waals surface area contributed by atoms with Crippen LogP contribution in [0.25, 0.3) is 0 Å². The van der Waals surface area contributed by atoms with Gasteiger partial charge in [-0.15, -0.1) is 0 Å². The lowest BCUT2D eigenvalue weighted by atomic mass is 9.97. The number of carbonyl (C=O) groups excluding carboxylic acids is 1. The molecule has 156 valence electrons. The summed E-state index contributed by atoms with van der Waals surface area (Å²) in [5.41, 5.74) is 2.14. The summed E-state index contributed by atoms with van der Waals surface area (Å²) < 4.78 is 10.6. The van der Waals surface area contributed by atoms with Crippen LogP contribution in [-0.4, -0.2) is 20.0 Å². The van der Waals surface area contributed by atoms with Gasteiger partial charge in [0.05, 0.1) is 30.3 Å². The Labute approximate surface area is 190 Å². The molecule has 0 radical (unpaired) electrons. The molecule has 3 rings (SSSR count). The fourth-order valence-electron chi connectivity index (χ4n) is 3.07. The van der Waals surface area contributed by atoms with E-state index in [4.69, 9.17) is 44.3 Å². The fraction of sp³-hybridized carbons (Fsp3) is 0.174. The van der Waals surface area contributed by atoms with Gasteiger partial charge < -0.3 is 14.8 Å². The smallest absolute Gasteiger partial charge is 0.165 e. The molecule has 3 aromatic carbocycles. The van der Waals surface area contributed by atoms with Crippen molar-refractivity contribution in [3.63, 3.8) is 0 Å². The number of nitrogens with one attached hydrogen (secondary N) is 1. The molecular weight excluding hydrogens is 445 g/mol. The molecule has 0 fully saturated rings. The molecule has 0 bridgehead atoms. The highest BCUT2D eigenvalue weighted by molar-refractivity contribution is 6.42. The number of Topliss-reactive ketones (excluding diaryl/α,β-unsaturated/α-hetero) is 1. The van der Waals surface area contributed by atoms with Gasteiger partial charge in [0.25, 0.3) is 0 Å². The molecule has 1 N–H and O–H groups in total. The Morgan fingerprint density at radius 2 is 1.67 bits per heavy atom. The molecule has 0 aliphatic heterocycles. The Bertz CT molecular complexity index is 1060. The predicted octanol–water partition coefficient (Wildman–Crippen LogP) is 7.09. The molecule has 1 atom stereocenters. The maximum absolute atomic E-state index is 13.1. The number of hydrogen-bond acceptors (Lipinski definition) is 4. The minimum absolute atomic E-state index is 0.0680. The SMILES string of the molecule is COc1ccc(C(=O)CC(Nc2cccc(Cl)c2)c2ccc(Cl)c(Cl)c2)cc1OC. The normalized spacial score (nSPS) is 11.6. The topological polar surface area (TPSA) is 47.6 Å². The lowest BCUT2D eigenvalue weighted by molar-refractivity contribution is 0.0976. The maximum Gasteiger partial charge on any atom is 0.165 e. The van der Waals surface area contributed by atoms with Crippen LogP contribution in [0.15, 0.2) is 60.7 Å². The summed E-state index contributed by atoms with van der Waals surface area (Å²) in [5, 5.41) is 4.84. The summed E-state index contributed by atoms with van der Waals surface area (Å²) in [6.07, 6.45) is 0.181. The van der Waals surface area contributed by atoms with Gasteiger partial charge in [-0.25, -0.2) is 0 Å². The van der Waals surface area contributed by atoms with Crippen molar-refractivity contribution in [3.8, 4) is 11.5 Å². The number of ether oxygens (including phenoxy) is 2. The third kappa shape index (κ3) is 5.39. The fourth-order valence-corrected chi connectivity index (χ4v) is 3.57. The molecule has 0 saturated carbocycles. The average Bonchev–Trinajstić information content (AvgIpc) is 2.74. The van der Waals surface area contributed by atoms with Crippen LogP contribution in [0.5, 0.6) is 11.5 Å². The van der Waals surface area contributed by atoms with Crippen molar-refractivity contribution in [2.45, 2.75) is 12.5 Å². The number of ketones is 1. The van der Waals surface area contributed by atoms with E-state index in [0.29, 0.717) is 32.1 Å². The Hall–Kier alpha value is -2.40. The average molecular weight is 465 g/mol. The molecule has 0 aromatic heterocycles. The Balaban J connectivity index is 1.91. The van der Waals surface area contributed by atoms with Gasteiger partial charge >= 0.3 is 0 Å². The van der Waals surface area contributed by atoms with Crippen LogP contribution >= 0.6 is 34.8 Å². The van der Waals surface area contributed by atoms with E-state index in [-0.39, 0.29) is 18.2 Å². The molecule has 4 nitrogen and oxygen atoms in total. The van der Waals surface area contributed by atoms with Gasteiger partial charge in [0.2, 0.25) is 0 Å². The van der Waals surface area contributed by atoms with Gasteiger partial charge in [0, 0.05) is 22.7 Å². The standard InChI is InChI=1S/C23H20Cl3NO3/c1-29-22-9-7-15(11-23(22)30-2)21(28)13-20(14-6-8-18(25)19(26)10-14)27-17-5-3-4-16(24)12-17/h3-12,20,27H,13H2,1-2H3. The van der Waals surface area contributed by atoms with Gasteiger partial charge in [0.1, 0.15) is 0 Å². The quantitative estimate of drug-likeness (QED) is 0.361. The molecule has 0 spiro atoms. The summed E-state index contributed by atoms with van der Waals surface area (Å²) in [6.45, 7) is 0. The predicted molar refractivity (Wildman–Crippen MR) is 123 cm³/mol. The number of anilines is 1. The molecule has 3 aromatic rings. The molecule has 0 saturated heterocycles. The second-order valence-electron chi connectivity index (χ2n) is 6.58. The van der Waals surface area contributed by atoms with E-state index in [1.165, 1.54) is 7.11 Å². The summed E-state index contributed by atoms with van der Waals surface area (Å²) in [4.78, 5) is 13.1. The summed E-state index contributed by atoms with van der Waals surface area (Å²) >= 11 is 18.4. The zero-order valence-corrected chi connectivity index (χ0v) is 18.7. The maximum atomic E-state index is 13.1. The van der Waals surface area contributed by atoms with E-state index in [2.05, 4.69) is 5.32 Å². The molecule has 1 unspecified atom stereocenters. The summed E-state index contributed by atoms with van der Waals surface area (Å²) in [5.74, 6) is 0.992. The zero-order valence-electron chi connectivity index (χ0n) is 16.4. The second kappa shape index (κ2) is 10.1. The molecule has 0 aliphatic carbocycles. The third-order valence-corrected chi connectivity index (χ3v) is 5.58. The molecule has 7 heteroatoms. The molecule has 0 aliphatic rings. The van der Waals surface area contributed by atoms with Gasteiger partial charge in [0.15, 0.2) is 17.3 Å². The van der Waals surface area contributed by atoms with E-state index < -0.39 is 0 Å². The largest absolute Gasteiger partial charge is 0.493 e. The summed E-state index contributed by atoms with van der Waals surface area (Å²) in [7, 11) is 3.08. The first-order valence-electron chi connectivity index (χ1n) is 9.13. The van der Waals surface area contributed by atoms with Crippen molar-refractivity contribution in [3.05, 3.63) is 86.9 Å². The monoisotopic (exact) mass is 463 g/mol. The highest BCUT2D eigenvalue weighted by atomic mass is 35.5. The molecular formula is C23H20Cl3NO3. The molecule has 30 heavy (non-hydrogen) atoms. The summed E-state index contributed by atoms with van der Waals surface area (Å²) in [6, 6.07) is 17.4. The minimum Gasteiger partial charge on any atom is -0.493 e. The van der Waals surface area contributed by atoms with E-state index in [1.54, 1.807) is 49.6 Å². The van der Waals surface area contributed by atoms with E-state index in [0.717, 1.165) is 11.3 Å². The number of halogens is 3. The minimum atomic E-state index is -0.348. The lowest BCUT2D eigenvalue weighted by Gasteiger charge is -2.21. The lowest BCUT2D eigenvalue weighted by Crippen LogP contribution is -2.16. The number of benzene rings is 3. The van der Waals surface area contributed by atoms with Crippen molar-refractivity contribution in [2.75, 3.05) is 19.5 Å².